The number of rotatable bonds is 38. The molecule has 0 radical (unpaired) electrons. The zero-order valence-corrected chi connectivity index (χ0v) is 56.4. The van der Waals surface area contributed by atoms with Gasteiger partial charge in [0.15, 0.2) is 5.76 Å². The molecular formula is C68H86ClN13O17. The van der Waals surface area contributed by atoms with E-state index in [9.17, 15) is 52.7 Å². The first-order valence-corrected chi connectivity index (χ1v) is 33.4. The number of hydrogen-bond acceptors (Lipinski definition) is 19. The minimum absolute atomic E-state index is 0.00183. The van der Waals surface area contributed by atoms with Gasteiger partial charge >= 0.3 is 12.1 Å². The summed E-state index contributed by atoms with van der Waals surface area (Å²) in [5.41, 5.74) is 8.04. The molecule has 3 atom stereocenters. The number of piperazine rings is 1. The molecule has 4 aromatic carbocycles. The normalized spacial score (nSPS) is 15.0. The van der Waals surface area contributed by atoms with E-state index in [0.29, 0.717) is 73.3 Å². The van der Waals surface area contributed by atoms with E-state index >= 15 is 0 Å². The molecule has 8 rings (SSSR count). The molecule has 0 bridgehead atoms. The number of benzene rings is 4. The Hall–Kier alpha value is -9.56. The van der Waals surface area contributed by atoms with E-state index in [1.807, 2.05) is 31.3 Å². The Balaban J connectivity index is 0.722. The molecule has 4 heterocycles. The molecule has 30 nitrogen and oxygen atoms in total. The van der Waals surface area contributed by atoms with Gasteiger partial charge in [-0.25, -0.2) is 9.59 Å². The summed E-state index contributed by atoms with van der Waals surface area (Å²) in [5, 5.41) is 24.0. The molecule has 31 heteroatoms. The van der Waals surface area contributed by atoms with E-state index in [2.05, 4.69) is 47.4 Å². The van der Waals surface area contributed by atoms with Crippen LogP contribution >= 0.6 is 11.6 Å². The number of nitrogens with zero attached hydrogens (tertiary/aromatic N) is 4. The van der Waals surface area contributed by atoms with Gasteiger partial charge in [0, 0.05) is 136 Å². The molecule has 99 heavy (non-hydrogen) atoms. The lowest BCUT2D eigenvalue weighted by Gasteiger charge is -2.31. The van der Waals surface area contributed by atoms with Crippen LogP contribution in [0.25, 0.3) is 21.7 Å². The SMILES string of the molecule is CC(C)[C@H](NCC(=O)NCCNC(=O)CCOCCOCCOCCOCCNC(=O)CCN1C(=O)C=CC1=O)C(=O)N[C@@H](CCCNC(N)=O)C(=O)Nc1ccc(C(=O)Nc2ccc3oc(C(=O)N4C[C@@H](CCl)c5c4cc(OC(=O)N4CCN(C)CC4)c4ccccc54)cc3c2)cc1. The average molecular weight is 1390 g/mol. The molecule has 0 saturated carbocycles. The van der Waals surface area contributed by atoms with E-state index in [1.54, 1.807) is 54.0 Å². The third kappa shape index (κ3) is 22.5. The van der Waals surface area contributed by atoms with E-state index in [0.717, 1.165) is 34.3 Å². The predicted molar refractivity (Wildman–Crippen MR) is 366 cm³/mol. The fourth-order valence-corrected chi connectivity index (χ4v) is 11.3. The Morgan fingerprint density at radius 1 is 0.667 bits per heavy atom. The second-order valence-electron chi connectivity index (χ2n) is 23.9. The van der Waals surface area contributed by atoms with E-state index in [-0.39, 0.29) is 139 Å². The highest BCUT2D eigenvalue weighted by molar-refractivity contribution is 6.19. The second-order valence-corrected chi connectivity index (χ2v) is 24.2. The van der Waals surface area contributed by atoms with Gasteiger partial charge in [0.05, 0.1) is 71.1 Å². The molecule has 3 aliphatic rings. The number of fused-ring (bicyclic) bond motifs is 4. The van der Waals surface area contributed by atoms with Crippen LogP contribution in [0.5, 0.6) is 5.75 Å². The summed E-state index contributed by atoms with van der Waals surface area (Å²) in [4.78, 5) is 147. The monoisotopic (exact) mass is 1390 g/mol. The number of nitrogens with two attached hydrogens (primary N) is 1. The Morgan fingerprint density at radius 2 is 1.29 bits per heavy atom. The van der Waals surface area contributed by atoms with Gasteiger partial charge in [-0.05, 0) is 85.3 Å². The number of amides is 12. The van der Waals surface area contributed by atoms with Gasteiger partial charge in [0.25, 0.3) is 23.6 Å². The fourth-order valence-electron chi connectivity index (χ4n) is 11.0. The highest BCUT2D eigenvalue weighted by atomic mass is 35.5. The van der Waals surface area contributed by atoms with Crippen LogP contribution in [0.1, 0.15) is 71.9 Å². The van der Waals surface area contributed by atoms with Crippen molar-refractivity contribution in [2.24, 2.45) is 11.7 Å². The van der Waals surface area contributed by atoms with E-state index in [4.69, 9.17) is 45.4 Å². The van der Waals surface area contributed by atoms with Crippen molar-refractivity contribution in [2.45, 2.75) is 57.5 Å². The number of carbonyl (C=O) groups is 11. The van der Waals surface area contributed by atoms with E-state index < -0.39 is 65.6 Å². The van der Waals surface area contributed by atoms with Gasteiger partial charge in [-0.3, -0.25) is 53.4 Å². The maximum Gasteiger partial charge on any atom is 0.415 e. The van der Waals surface area contributed by atoms with Gasteiger partial charge in [0.2, 0.25) is 29.5 Å². The van der Waals surface area contributed by atoms with Crippen LogP contribution in [0.15, 0.2) is 95.4 Å². The van der Waals surface area contributed by atoms with Gasteiger partial charge < -0.3 is 85.8 Å². The number of likely N-dealkylation sites (N-methyl/N-ethyl adjacent to an activating group) is 1. The average Bonchev–Trinajstić information content (AvgIpc) is 1.63. The van der Waals surface area contributed by atoms with Crippen LogP contribution in [0.2, 0.25) is 0 Å². The minimum atomic E-state index is -1.11. The summed E-state index contributed by atoms with van der Waals surface area (Å²) in [5.74, 6) is -3.93. The summed E-state index contributed by atoms with van der Waals surface area (Å²) in [7, 11) is 2.00. The summed E-state index contributed by atoms with van der Waals surface area (Å²) in [6.07, 6.45) is 2.29. The standard InChI is InChI=1S/C68H86ClN13O17/c1-43(2)62(75-41-58(85)72-22-21-71-57(84)19-29-94-31-33-96-35-36-97-34-32-95-30-23-73-56(83)18-24-81-59(86)16-17-60(81)87)65(90)78-51(9-6-20-74-67(70)92)64(89)76-47-12-10-44(11-13-47)63(88)77-48-14-15-53-45(37-48)38-55(98-53)66(91)82-42-46(40-69)61-50-8-5-4-7-49(50)54(39-52(61)82)99-68(93)80-27-25-79(3)26-28-80/h4-5,7-8,10-17,37-39,43,46,51,62,75H,6,9,18-36,40-42H2,1-3H3,(H,71,84)(H,72,85)(H,73,83)(H,76,89)(H,77,88)(H,78,90)(H3,70,74,92)/t46-,51+,62+/m1/s1. The predicted octanol–water partition coefficient (Wildman–Crippen LogP) is 3.17. The molecule has 0 aliphatic carbocycles. The zero-order valence-electron chi connectivity index (χ0n) is 55.6. The summed E-state index contributed by atoms with van der Waals surface area (Å²) in [6.45, 7) is 8.87. The van der Waals surface area contributed by atoms with E-state index in [1.165, 1.54) is 36.4 Å². The van der Waals surface area contributed by atoms with Crippen molar-refractivity contribution in [2.75, 3.05) is 153 Å². The largest absolute Gasteiger partial charge is 0.451 e. The topological polar surface area (TPSA) is 382 Å². The Labute approximate surface area is 576 Å². The minimum Gasteiger partial charge on any atom is -0.451 e. The number of imide groups is 1. The Morgan fingerprint density at radius 3 is 1.96 bits per heavy atom. The fraction of sp³-hybridized carbons (Fsp3) is 0.456. The molecule has 532 valence electrons. The van der Waals surface area contributed by atoms with Crippen molar-refractivity contribution in [3.05, 3.63) is 108 Å². The van der Waals surface area contributed by atoms with Crippen LogP contribution in [-0.4, -0.2) is 230 Å². The summed E-state index contributed by atoms with van der Waals surface area (Å²) < 4.78 is 34.0. The quantitative estimate of drug-likeness (QED) is 0.0156. The van der Waals surface area contributed by atoms with Crippen LogP contribution in [0.4, 0.5) is 26.7 Å². The van der Waals surface area contributed by atoms with Crippen molar-refractivity contribution in [3.8, 4) is 5.75 Å². The number of carbonyl (C=O) groups excluding carboxylic acids is 11. The highest BCUT2D eigenvalue weighted by Gasteiger charge is 2.37. The maximum absolute atomic E-state index is 14.4. The first-order chi connectivity index (χ1) is 47.8. The first kappa shape index (κ1) is 75.2. The maximum atomic E-state index is 14.4. The number of anilines is 3. The van der Waals surface area contributed by atoms with Crippen molar-refractivity contribution in [1.82, 2.24) is 46.6 Å². The van der Waals surface area contributed by atoms with Gasteiger partial charge in [-0.2, -0.15) is 0 Å². The number of hydrogen-bond donors (Lipinski definition) is 9. The Bertz CT molecular complexity index is 3690. The summed E-state index contributed by atoms with van der Waals surface area (Å²) in [6, 6.07) is 19.1. The number of alkyl halides is 1. The Kier molecular flexibility index (Phi) is 28.9. The number of ether oxygens (including phenoxy) is 5. The van der Waals surface area contributed by atoms with Crippen molar-refractivity contribution < 1.29 is 80.8 Å². The summed E-state index contributed by atoms with van der Waals surface area (Å²) >= 11 is 6.56. The van der Waals surface area contributed by atoms with Crippen molar-refractivity contribution in [1.29, 1.82) is 0 Å². The number of halogens is 1. The molecule has 5 aromatic rings. The second kappa shape index (κ2) is 38.0. The third-order valence-electron chi connectivity index (χ3n) is 16.3. The van der Waals surface area contributed by atoms with Gasteiger partial charge in [0.1, 0.15) is 17.4 Å². The smallest absolute Gasteiger partial charge is 0.415 e. The molecule has 0 unspecified atom stereocenters. The van der Waals surface area contributed by atoms with Gasteiger partial charge in [-0.15, -0.1) is 11.6 Å². The molecule has 1 aromatic heterocycles. The molecular weight excluding hydrogens is 1310 g/mol. The molecule has 0 spiro atoms. The molecule has 1 fully saturated rings. The van der Waals surface area contributed by atoms with Crippen molar-refractivity contribution in [3.63, 3.8) is 0 Å². The molecule has 3 aliphatic heterocycles. The molecule has 1 saturated heterocycles. The van der Waals surface area contributed by atoms with Crippen LogP contribution < -0.4 is 57.9 Å². The zero-order chi connectivity index (χ0) is 70.8. The van der Waals surface area contributed by atoms with Crippen LogP contribution in [0.3, 0.4) is 0 Å². The number of furan rings is 1. The third-order valence-corrected chi connectivity index (χ3v) is 16.7. The number of primary amides is 1. The van der Waals surface area contributed by atoms with Crippen LogP contribution in [0, 0.1) is 5.92 Å². The lowest BCUT2D eigenvalue weighted by molar-refractivity contribution is -0.137. The van der Waals surface area contributed by atoms with Gasteiger partial charge in [-0.1, -0.05) is 38.1 Å². The lowest BCUT2D eigenvalue weighted by atomic mass is 9.95. The first-order valence-electron chi connectivity index (χ1n) is 32.8. The van der Waals surface area contributed by atoms with Crippen molar-refractivity contribution >= 4 is 116 Å². The number of nitrogens with one attached hydrogen (secondary N) is 8. The molecule has 10 N–H and O–H groups in total. The number of urea groups is 1. The highest BCUT2D eigenvalue weighted by Crippen LogP contribution is 2.46. The lowest BCUT2D eigenvalue weighted by Crippen LogP contribution is -2.55. The molecule has 12 amide bonds. The van der Waals surface area contributed by atoms with Crippen LogP contribution in [-0.2, 0) is 52.5 Å².